The van der Waals surface area contributed by atoms with Crippen LogP contribution in [-0.4, -0.2) is 14.2 Å². The van der Waals surface area contributed by atoms with Crippen LogP contribution in [0.4, 0.5) is 0 Å². The standard InChI is InChI=1S/C10H17BrN2S/c1-5-7(11)6-8-12-9(13-14-8)10(2,3)4/h7H,5-6H2,1-4H3. The van der Waals surface area contributed by atoms with E-state index in [1.54, 1.807) is 0 Å². The van der Waals surface area contributed by atoms with Gasteiger partial charge in [0.05, 0.1) is 0 Å². The molecular weight excluding hydrogens is 260 g/mol. The first-order valence-corrected chi connectivity index (χ1v) is 6.59. The molecule has 4 heteroatoms. The number of hydrogen-bond acceptors (Lipinski definition) is 3. The Morgan fingerprint density at radius 3 is 2.50 bits per heavy atom. The van der Waals surface area contributed by atoms with E-state index < -0.39 is 0 Å². The lowest BCUT2D eigenvalue weighted by molar-refractivity contribution is 0.552. The highest BCUT2D eigenvalue weighted by Crippen LogP contribution is 2.22. The van der Waals surface area contributed by atoms with Crippen LogP contribution in [-0.2, 0) is 11.8 Å². The second-order valence-corrected chi connectivity index (χ2v) is 6.60. The fraction of sp³-hybridized carbons (Fsp3) is 0.800. The van der Waals surface area contributed by atoms with Gasteiger partial charge in [-0.1, -0.05) is 43.6 Å². The Hall–Kier alpha value is 0.0400. The number of rotatable bonds is 3. The molecule has 0 amide bonds. The van der Waals surface area contributed by atoms with E-state index in [9.17, 15) is 0 Å². The van der Waals surface area contributed by atoms with Gasteiger partial charge in [0.25, 0.3) is 0 Å². The van der Waals surface area contributed by atoms with E-state index in [4.69, 9.17) is 0 Å². The topological polar surface area (TPSA) is 25.8 Å². The average molecular weight is 277 g/mol. The molecule has 1 atom stereocenters. The van der Waals surface area contributed by atoms with Gasteiger partial charge in [0.15, 0.2) is 0 Å². The molecular formula is C10H17BrN2S. The van der Waals surface area contributed by atoms with Crippen LogP contribution in [0.2, 0.25) is 0 Å². The molecule has 0 aliphatic rings. The van der Waals surface area contributed by atoms with Gasteiger partial charge in [0, 0.05) is 16.7 Å². The van der Waals surface area contributed by atoms with Crippen molar-refractivity contribution in [2.24, 2.45) is 0 Å². The van der Waals surface area contributed by atoms with Gasteiger partial charge in [-0.3, -0.25) is 0 Å². The zero-order valence-corrected chi connectivity index (χ0v) is 11.6. The summed E-state index contributed by atoms with van der Waals surface area (Å²) in [5.74, 6) is 0.966. The Morgan fingerprint density at radius 2 is 2.07 bits per heavy atom. The minimum absolute atomic E-state index is 0.0722. The molecule has 0 aliphatic heterocycles. The van der Waals surface area contributed by atoms with Crippen molar-refractivity contribution in [3.8, 4) is 0 Å². The molecule has 80 valence electrons. The van der Waals surface area contributed by atoms with Crippen LogP contribution in [0.5, 0.6) is 0 Å². The second kappa shape index (κ2) is 4.71. The maximum absolute atomic E-state index is 4.55. The molecule has 1 aromatic rings. The van der Waals surface area contributed by atoms with Crippen LogP contribution in [0.15, 0.2) is 0 Å². The van der Waals surface area contributed by atoms with Crippen molar-refractivity contribution < 1.29 is 0 Å². The normalized spacial score (nSPS) is 14.4. The summed E-state index contributed by atoms with van der Waals surface area (Å²) in [5.41, 5.74) is 0.0722. The van der Waals surface area contributed by atoms with Crippen molar-refractivity contribution in [3.63, 3.8) is 0 Å². The lowest BCUT2D eigenvalue weighted by Crippen LogP contribution is -2.13. The molecule has 0 saturated carbocycles. The quantitative estimate of drug-likeness (QED) is 0.790. The van der Waals surface area contributed by atoms with E-state index in [1.807, 2.05) is 0 Å². The van der Waals surface area contributed by atoms with Gasteiger partial charge in [-0.2, -0.15) is 4.37 Å². The summed E-state index contributed by atoms with van der Waals surface area (Å²) in [7, 11) is 0. The van der Waals surface area contributed by atoms with E-state index >= 15 is 0 Å². The van der Waals surface area contributed by atoms with Gasteiger partial charge in [0.1, 0.15) is 10.8 Å². The lowest BCUT2D eigenvalue weighted by atomic mass is 9.96. The molecule has 0 N–H and O–H groups in total. The summed E-state index contributed by atoms with van der Waals surface area (Å²) in [6, 6.07) is 0. The third-order valence-corrected chi connectivity index (χ3v) is 3.68. The van der Waals surface area contributed by atoms with Gasteiger partial charge in [-0.05, 0) is 18.0 Å². The van der Waals surface area contributed by atoms with Crippen LogP contribution in [0.3, 0.4) is 0 Å². The molecule has 0 fully saturated rings. The number of hydrogen-bond donors (Lipinski definition) is 0. The number of aromatic nitrogens is 2. The molecule has 1 aromatic heterocycles. The van der Waals surface area contributed by atoms with Gasteiger partial charge in [0.2, 0.25) is 0 Å². The largest absolute Gasteiger partial charge is 0.224 e. The van der Waals surface area contributed by atoms with Gasteiger partial charge in [-0.25, -0.2) is 4.98 Å². The Labute approximate surface area is 98.4 Å². The van der Waals surface area contributed by atoms with Crippen molar-refractivity contribution in [1.82, 2.24) is 9.36 Å². The highest BCUT2D eigenvalue weighted by atomic mass is 79.9. The van der Waals surface area contributed by atoms with Crippen molar-refractivity contribution in [1.29, 1.82) is 0 Å². The molecule has 0 saturated heterocycles. The van der Waals surface area contributed by atoms with E-state index in [0.717, 1.165) is 23.7 Å². The summed E-state index contributed by atoms with van der Waals surface area (Å²) >= 11 is 5.14. The number of nitrogens with zero attached hydrogens (tertiary/aromatic N) is 2. The molecule has 2 nitrogen and oxygen atoms in total. The number of alkyl halides is 1. The second-order valence-electron chi connectivity index (χ2n) is 4.47. The third kappa shape index (κ3) is 3.31. The van der Waals surface area contributed by atoms with Crippen molar-refractivity contribution >= 4 is 27.5 Å². The first-order chi connectivity index (χ1) is 6.43. The number of halogens is 1. The summed E-state index contributed by atoms with van der Waals surface area (Å²) in [6.07, 6.45) is 2.12. The van der Waals surface area contributed by atoms with Crippen LogP contribution in [0.1, 0.15) is 44.9 Å². The summed E-state index contributed by atoms with van der Waals surface area (Å²) in [4.78, 5) is 5.08. The Kier molecular flexibility index (Phi) is 4.07. The average Bonchev–Trinajstić information content (AvgIpc) is 2.51. The zero-order chi connectivity index (χ0) is 10.8. The summed E-state index contributed by atoms with van der Waals surface area (Å²) in [5, 5.41) is 1.14. The van der Waals surface area contributed by atoms with Crippen LogP contribution >= 0.6 is 27.5 Å². The highest BCUT2D eigenvalue weighted by molar-refractivity contribution is 9.09. The molecule has 0 aliphatic carbocycles. The predicted molar refractivity (Wildman–Crippen MR) is 65.3 cm³/mol. The molecule has 1 rings (SSSR count). The molecule has 1 heterocycles. The molecule has 0 bridgehead atoms. The monoisotopic (exact) mass is 276 g/mol. The fourth-order valence-electron chi connectivity index (χ4n) is 0.976. The van der Waals surface area contributed by atoms with Crippen molar-refractivity contribution in [2.75, 3.05) is 0 Å². The molecule has 0 aromatic carbocycles. The van der Waals surface area contributed by atoms with Gasteiger partial charge >= 0.3 is 0 Å². The lowest BCUT2D eigenvalue weighted by Gasteiger charge is -2.12. The molecule has 0 spiro atoms. The van der Waals surface area contributed by atoms with Gasteiger partial charge < -0.3 is 0 Å². The maximum atomic E-state index is 4.55. The summed E-state index contributed by atoms with van der Waals surface area (Å²) in [6.45, 7) is 8.60. The maximum Gasteiger partial charge on any atom is 0.147 e. The van der Waals surface area contributed by atoms with Crippen LogP contribution in [0.25, 0.3) is 0 Å². The molecule has 1 unspecified atom stereocenters. The highest BCUT2D eigenvalue weighted by Gasteiger charge is 2.19. The zero-order valence-electron chi connectivity index (χ0n) is 9.17. The van der Waals surface area contributed by atoms with E-state index in [2.05, 4.69) is 53.0 Å². The SMILES string of the molecule is CCC(Br)Cc1nc(C(C)(C)C)ns1. The Morgan fingerprint density at radius 1 is 1.43 bits per heavy atom. The third-order valence-electron chi connectivity index (χ3n) is 1.98. The molecule has 0 radical (unpaired) electrons. The van der Waals surface area contributed by atoms with Crippen molar-refractivity contribution in [2.45, 2.75) is 50.8 Å². The predicted octanol–water partition coefficient (Wildman–Crippen LogP) is 3.55. The van der Waals surface area contributed by atoms with Crippen molar-refractivity contribution in [3.05, 3.63) is 10.8 Å². The Balaban J connectivity index is 2.69. The first kappa shape index (κ1) is 12.1. The fourth-order valence-corrected chi connectivity index (χ4v) is 2.41. The van der Waals surface area contributed by atoms with Crippen LogP contribution < -0.4 is 0 Å². The van der Waals surface area contributed by atoms with E-state index in [1.165, 1.54) is 11.5 Å². The Bertz CT molecular complexity index is 291. The first-order valence-electron chi connectivity index (χ1n) is 4.90. The van der Waals surface area contributed by atoms with E-state index in [-0.39, 0.29) is 5.41 Å². The summed E-state index contributed by atoms with van der Waals surface area (Å²) < 4.78 is 4.38. The minimum Gasteiger partial charge on any atom is -0.224 e. The van der Waals surface area contributed by atoms with E-state index in [0.29, 0.717) is 4.83 Å². The van der Waals surface area contributed by atoms with Gasteiger partial charge in [-0.15, -0.1) is 0 Å². The van der Waals surface area contributed by atoms with Crippen LogP contribution in [0, 0.1) is 0 Å². The minimum atomic E-state index is 0.0722. The smallest absolute Gasteiger partial charge is 0.147 e. The molecule has 14 heavy (non-hydrogen) atoms.